The van der Waals surface area contributed by atoms with Crippen LogP contribution >= 0.6 is 0 Å². The number of nitrogens with one attached hydrogen (secondary N) is 1. The van der Waals surface area contributed by atoms with Crippen LogP contribution in [0.2, 0.25) is 0 Å². The smallest absolute Gasteiger partial charge is 0.131 e. The first-order valence-corrected chi connectivity index (χ1v) is 6.07. The fourth-order valence-corrected chi connectivity index (χ4v) is 2.25. The van der Waals surface area contributed by atoms with Crippen molar-refractivity contribution in [1.29, 1.82) is 0 Å². The SMILES string of the molecule is CNCCc1c(-c2ccccc2F)c(C)nn1C. The van der Waals surface area contributed by atoms with Gasteiger partial charge in [0.2, 0.25) is 0 Å². The third-order valence-corrected chi connectivity index (χ3v) is 3.10. The van der Waals surface area contributed by atoms with E-state index in [1.165, 1.54) is 6.07 Å². The van der Waals surface area contributed by atoms with Gasteiger partial charge in [0.25, 0.3) is 0 Å². The second-order valence-electron chi connectivity index (χ2n) is 4.36. The van der Waals surface area contributed by atoms with Crippen LogP contribution < -0.4 is 5.32 Å². The van der Waals surface area contributed by atoms with Crippen LogP contribution in [0.4, 0.5) is 4.39 Å². The molecule has 4 heteroatoms. The van der Waals surface area contributed by atoms with Gasteiger partial charge in [-0.2, -0.15) is 5.10 Å². The highest BCUT2D eigenvalue weighted by Crippen LogP contribution is 2.29. The topological polar surface area (TPSA) is 29.9 Å². The van der Waals surface area contributed by atoms with Gasteiger partial charge in [0.05, 0.1) is 5.69 Å². The molecule has 0 fully saturated rings. The molecule has 3 nitrogen and oxygen atoms in total. The Morgan fingerprint density at radius 1 is 1.33 bits per heavy atom. The lowest BCUT2D eigenvalue weighted by Crippen LogP contribution is -2.13. The molecular weight excluding hydrogens is 229 g/mol. The third-order valence-electron chi connectivity index (χ3n) is 3.10. The first kappa shape index (κ1) is 12.8. The average molecular weight is 247 g/mol. The van der Waals surface area contributed by atoms with E-state index in [0.29, 0.717) is 5.56 Å². The summed E-state index contributed by atoms with van der Waals surface area (Å²) in [5, 5.41) is 7.51. The summed E-state index contributed by atoms with van der Waals surface area (Å²) in [6, 6.07) is 6.86. The van der Waals surface area contributed by atoms with Gasteiger partial charge in [0, 0.05) is 36.8 Å². The molecule has 0 unspecified atom stereocenters. The van der Waals surface area contributed by atoms with Crippen LogP contribution in [0.5, 0.6) is 0 Å². The first-order valence-electron chi connectivity index (χ1n) is 6.07. The molecule has 0 amide bonds. The van der Waals surface area contributed by atoms with Gasteiger partial charge in [-0.3, -0.25) is 4.68 Å². The highest BCUT2D eigenvalue weighted by molar-refractivity contribution is 5.69. The Balaban J connectivity index is 2.53. The van der Waals surface area contributed by atoms with Crippen molar-refractivity contribution in [3.05, 3.63) is 41.5 Å². The number of rotatable bonds is 4. The summed E-state index contributed by atoms with van der Waals surface area (Å²) in [5.41, 5.74) is 3.49. The molecule has 96 valence electrons. The van der Waals surface area contributed by atoms with Crippen LogP contribution in [-0.2, 0) is 13.5 Å². The van der Waals surface area contributed by atoms with Gasteiger partial charge in [-0.15, -0.1) is 0 Å². The van der Waals surface area contributed by atoms with Crippen LogP contribution in [0.25, 0.3) is 11.1 Å². The number of nitrogens with zero attached hydrogens (tertiary/aromatic N) is 2. The number of aromatic nitrogens is 2. The first-order chi connectivity index (χ1) is 8.65. The van der Waals surface area contributed by atoms with E-state index in [-0.39, 0.29) is 5.82 Å². The molecule has 0 aliphatic rings. The largest absolute Gasteiger partial charge is 0.319 e. The minimum atomic E-state index is -0.195. The second kappa shape index (κ2) is 5.31. The Labute approximate surface area is 107 Å². The lowest BCUT2D eigenvalue weighted by atomic mass is 10.0. The van der Waals surface area contributed by atoms with Crippen LogP contribution in [0, 0.1) is 12.7 Å². The Bertz CT molecular complexity index is 546. The maximum Gasteiger partial charge on any atom is 0.131 e. The molecule has 0 aliphatic heterocycles. The molecule has 0 saturated carbocycles. The Kier molecular flexibility index (Phi) is 3.77. The summed E-state index contributed by atoms with van der Waals surface area (Å²) >= 11 is 0. The summed E-state index contributed by atoms with van der Waals surface area (Å²) < 4.78 is 15.8. The van der Waals surface area contributed by atoms with Crippen molar-refractivity contribution in [2.24, 2.45) is 7.05 Å². The average Bonchev–Trinajstić information content (AvgIpc) is 2.62. The van der Waals surface area contributed by atoms with Gasteiger partial charge in [0.15, 0.2) is 0 Å². The quantitative estimate of drug-likeness (QED) is 0.898. The van der Waals surface area contributed by atoms with E-state index in [4.69, 9.17) is 0 Å². The highest BCUT2D eigenvalue weighted by atomic mass is 19.1. The number of halogens is 1. The summed E-state index contributed by atoms with van der Waals surface area (Å²) in [7, 11) is 3.81. The summed E-state index contributed by atoms with van der Waals surface area (Å²) in [6.45, 7) is 2.77. The zero-order chi connectivity index (χ0) is 13.1. The molecule has 1 heterocycles. The van der Waals surface area contributed by atoms with Gasteiger partial charge in [0.1, 0.15) is 5.82 Å². The molecule has 0 bridgehead atoms. The Morgan fingerprint density at radius 2 is 2.06 bits per heavy atom. The molecule has 18 heavy (non-hydrogen) atoms. The van der Waals surface area contributed by atoms with E-state index in [1.807, 2.05) is 37.8 Å². The summed E-state index contributed by atoms with van der Waals surface area (Å²) in [6.07, 6.45) is 0.831. The number of hydrogen-bond acceptors (Lipinski definition) is 2. The van der Waals surface area contributed by atoms with E-state index in [9.17, 15) is 4.39 Å². The fourth-order valence-electron chi connectivity index (χ4n) is 2.25. The Hall–Kier alpha value is -1.68. The normalized spacial score (nSPS) is 10.9. The zero-order valence-corrected chi connectivity index (χ0v) is 11.0. The van der Waals surface area contributed by atoms with Crippen molar-refractivity contribution in [3.63, 3.8) is 0 Å². The van der Waals surface area contributed by atoms with E-state index in [0.717, 1.165) is 29.9 Å². The summed E-state index contributed by atoms with van der Waals surface area (Å²) in [4.78, 5) is 0. The van der Waals surface area contributed by atoms with E-state index in [2.05, 4.69) is 10.4 Å². The molecule has 2 rings (SSSR count). The predicted molar refractivity (Wildman–Crippen MR) is 71.0 cm³/mol. The molecule has 0 aliphatic carbocycles. The molecule has 0 saturated heterocycles. The molecular formula is C14H18FN3. The number of aryl methyl sites for hydroxylation is 2. The second-order valence-corrected chi connectivity index (χ2v) is 4.36. The minimum Gasteiger partial charge on any atom is -0.319 e. The zero-order valence-electron chi connectivity index (χ0n) is 11.0. The maximum atomic E-state index is 13.9. The van der Waals surface area contributed by atoms with Crippen LogP contribution in [0.1, 0.15) is 11.4 Å². The van der Waals surface area contributed by atoms with Gasteiger partial charge in [-0.05, 0) is 20.0 Å². The van der Waals surface area contributed by atoms with Crippen molar-refractivity contribution in [2.75, 3.05) is 13.6 Å². The molecule has 0 atom stereocenters. The molecule has 0 radical (unpaired) electrons. The van der Waals surface area contributed by atoms with Gasteiger partial charge < -0.3 is 5.32 Å². The predicted octanol–water partition coefficient (Wildman–Crippen LogP) is 2.30. The van der Waals surface area contributed by atoms with Crippen LogP contribution in [0.3, 0.4) is 0 Å². The Morgan fingerprint density at radius 3 is 2.72 bits per heavy atom. The van der Waals surface area contributed by atoms with Gasteiger partial charge in [-0.1, -0.05) is 18.2 Å². The lowest BCUT2D eigenvalue weighted by molar-refractivity contribution is 0.630. The van der Waals surface area contributed by atoms with Crippen molar-refractivity contribution < 1.29 is 4.39 Å². The van der Waals surface area contributed by atoms with Crippen molar-refractivity contribution in [1.82, 2.24) is 15.1 Å². The van der Waals surface area contributed by atoms with Gasteiger partial charge >= 0.3 is 0 Å². The molecule has 0 spiro atoms. The summed E-state index contributed by atoms with van der Waals surface area (Å²) in [5.74, 6) is -0.195. The van der Waals surface area contributed by atoms with Crippen LogP contribution in [0.15, 0.2) is 24.3 Å². The fraction of sp³-hybridized carbons (Fsp3) is 0.357. The number of benzene rings is 1. The number of likely N-dealkylation sites (N-methyl/N-ethyl adjacent to an activating group) is 1. The van der Waals surface area contributed by atoms with Gasteiger partial charge in [-0.25, -0.2) is 4.39 Å². The molecule has 1 aromatic carbocycles. The maximum absolute atomic E-state index is 13.9. The standard InChI is InChI=1S/C14H18FN3/c1-10-14(11-6-4-5-7-12(11)15)13(8-9-16-2)18(3)17-10/h4-7,16H,8-9H2,1-3H3. The lowest BCUT2D eigenvalue weighted by Gasteiger charge is -2.07. The monoisotopic (exact) mass is 247 g/mol. The number of hydrogen-bond donors (Lipinski definition) is 1. The van der Waals surface area contributed by atoms with E-state index >= 15 is 0 Å². The van der Waals surface area contributed by atoms with Crippen LogP contribution in [-0.4, -0.2) is 23.4 Å². The van der Waals surface area contributed by atoms with E-state index < -0.39 is 0 Å². The van der Waals surface area contributed by atoms with E-state index in [1.54, 1.807) is 6.07 Å². The van der Waals surface area contributed by atoms with Crippen molar-refractivity contribution in [2.45, 2.75) is 13.3 Å². The molecule has 1 N–H and O–H groups in total. The highest BCUT2D eigenvalue weighted by Gasteiger charge is 2.17. The third kappa shape index (κ3) is 2.29. The molecule has 2 aromatic rings. The van der Waals surface area contributed by atoms with Crippen molar-refractivity contribution in [3.8, 4) is 11.1 Å². The van der Waals surface area contributed by atoms with Crippen molar-refractivity contribution >= 4 is 0 Å². The molecule has 1 aromatic heterocycles. The minimum absolute atomic E-state index is 0.195.